The van der Waals surface area contributed by atoms with Gasteiger partial charge < -0.3 is 10.6 Å². The minimum atomic E-state index is -0.0871. The topological polar surface area (TPSA) is 87.9 Å². The highest BCUT2D eigenvalue weighted by Crippen LogP contribution is 2.05. The van der Waals surface area contributed by atoms with E-state index >= 15 is 0 Å². The molecule has 1 amide bonds. The number of carbonyl (C=O) groups excluding carboxylic acids is 1. The van der Waals surface area contributed by atoms with Crippen LogP contribution in [0.15, 0.2) is 6.20 Å². The Hall–Kier alpha value is -1.43. The van der Waals surface area contributed by atoms with Gasteiger partial charge in [0.25, 0.3) is 5.91 Å². The van der Waals surface area contributed by atoms with Crippen molar-refractivity contribution in [3.8, 4) is 0 Å². The molecule has 16 heavy (non-hydrogen) atoms. The Balaban J connectivity index is 2.64. The third-order valence-electron chi connectivity index (χ3n) is 2.14. The predicted molar refractivity (Wildman–Crippen MR) is 60.8 cm³/mol. The van der Waals surface area contributed by atoms with Gasteiger partial charge in [-0.2, -0.15) is 15.4 Å². The molecule has 0 saturated heterocycles. The first-order valence-electron chi connectivity index (χ1n) is 5.50. The second kappa shape index (κ2) is 6.22. The molecule has 0 unspecified atom stereocenters. The van der Waals surface area contributed by atoms with Crippen LogP contribution in [0.4, 0.5) is 0 Å². The molecule has 0 bridgehead atoms. The number of rotatable bonds is 6. The first-order valence-corrected chi connectivity index (χ1v) is 5.50. The highest BCUT2D eigenvalue weighted by molar-refractivity contribution is 5.91. The summed E-state index contributed by atoms with van der Waals surface area (Å²) in [6, 6.07) is 0. The third-order valence-corrected chi connectivity index (χ3v) is 2.14. The molecule has 0 aliphatic carbocycles. The Morgan fingerprint density at radius 3 is 2.88 bits per heavy atom. The fourth-order valence-electron chi connectivity index (χ4n) is 1.47. The summed E-state index contributed by atoms with van der Waals surface area (Å²) >= 11 is 0. The summed E-state index contributed by atoms with van der Waals surface area (Å²) in [5.74, 6) is 0.338. The van der Waals surface area contributed by atoms with Crippen molar-refractivity contribution in [1.82, 2.24) is 20.3 Å². The normalized spacial score (nSPS) is 10.8. The molecule has 0 fully saturated rings. The van der Waals surface area contributed by atoms with Crippen LogP contribution < -0.4 is 5.73 Å². The van der Waals surface area contributed by atoms with Gasteiger partial charge in [0.15, 0.2) is 5.69 Å². The fraction of sp³-hybridized carbons (Fsp3) is 0.700. The van der Waals surface area contributed by atoms with Crippen LogP contribution in [-0.2, 0) is 0 Å². The van der Waals surface area contributed by atoms with Crippen LogP contribution in [0.3, 0.4) is 0 Å². The number of amides is 1. The van der Waals surface area contributed by atoms with E-state index in [1.807, 2.05) is 0 Å². The second-order valence-electron chi connectivity index (χ2n) is 4.14. The molecule has 0 aromatic carbocycles. The highest BCUT2D eigenvalue weighted by Gasteiger charge is 2.18. The predicted octanol–water partition coefficient (Wildman–Crippen LogP) is 0.252. The number of H-pyrrole nitrogens is 1. The van der Waals surface area contributed by atoms with Crippen LogP contribution in [0, 0.1) is 5.92 Å². The molecule has 1 heterocycles. The quantitative estimate of drug-likeness (QED) is 0.726. The first kappa shape index (κ1) is 12.6. The van der Waals surface area contributed by atoms with Crippen molar-refractivity contribution in [2.45, 2.75) is 20.3 Å². The fourth-order valence-corrected chi connectivity index (χ4v) is 1.47. The maximum atomic E-state index is 12.0. The molecule has 6 nitrogen and oxygen atoms in total. The minimum absolute atomic E-state index is 0.0871. The lowest BCUT2D eigenvalue weighted by Gasteiger charge is -2.23. The number of nitrogens with zero attached hydrogens (tertiary/aromatic N) is 3. The summed E-state index contributed by atoms with van der Waals surface area (Å²) in [7, 11) is 0. The molecule has 0 spiro atoms. The molecule has 0 aliphatic rings. The van der Waals surface area contributed by atoms with Crippen molar-refractivity contribution < 1.29 is 4.79 Å². The van der Waals surface area contributed by atoms with E-state index in [1.54, 1.807) is 4.90 Å². The minimum Gasteiger partial charge on any atom is -0.337 e. The monoisotopic (exact) mass is 225 g/mol. The molecule has 0 radical (unpaired) electrons. The zero-order valence-corrected chi connectivity index (χ0v) is 9.81. The second-order valence-corrected chi connectivity index (χ2v) is 4.14. The molecule has 1 aromatic rings. The Labute approximate surface area is 95.2 Å². The number of carbonyl (C=O) groups is 1. The number of nitrogens with two attached hydrogens (primary N) is 1. The molecular formula is C10H19N5O. The average Bonchev–Trinajstić information content (AvgIpc) is 2.76. The number of aromatic nitrogens is 3. The summed E-state index contributed by atoms with van der Waals surface area (Å²) in [5.41, 5.74) is 5.81. The van der Waals surface area contributed by atoms with E-state index in [2.05, 4.69) is 29.3 Å². The Bertz CT molecular complexity index is 309. The zero-order valence-electron chi connectivity index (χ0n) is 9.81. The van der Waals surface area contributed by atoms with E-state index < -0.39 is 0 Å². The molecule has 3 N–H and O–H groups in total. The van der Waals surface area contributed by atoms with Crippen LogP contribution in [0.5, 0.6) is 0 Å². The molecule has 90 valence electrons. The maximum Gasteiger partial charge on any atom is 0.276 e. The van der Waals surface area contributed by atoms with Gasteiger partial charge in [0.05, 0.1) is 6.20 Å². The summed E-state index contributed by atoms with van der Waals surface area (Å²) in [6.45, 7) is 6.11. The van der Waals surface area contributed by atoms with Gasteiger partial charge in [-0.1, -0.05) is 13.8 Å². The van der Waals surface area contributed by atoms with Gasteiger partial charge in [0.2, 0.25) is 0 Å². The van der Waals surface area contributed by atoms with E-state index in [1.165, 1.54) is 6.20 Å². The number of nitrogens with one attached hydrogen (secondary N) is 1. The van der Waals surface area contributed by atoms with Crippen LogP contribution >= 0.6 is 0 Å². The summed E-state index contributed by atoms with van der Waals surface area (Å²) in [4.78, 5) is 13.8. The molecular weight excluding hydrogens is 206 g/mol. The largest absolute Gasteiger partial charge is 0.337 e. The van der Waals surface area contributed by atoms with Gasteiger partial charge in [-0.05, 0) is 18.9 Å². The summed E-state index contributed by atoms with van der Waals surface area (Å²) < 4.78 is 0. The molecule has 1 aromatic heterocycles. The Morgan fingerprint density at radius 2 is 2.38 bits per heavy atom. The molecule has 0 saturated carbocycles. The van der Waals surface area contributed by atoms with Crippen LogP contribution in [0.25, 0.3) is 0 Å². The summed E-state index contributed by atoms with van der Waals surface area (Å²) in [5, 5.41) is 9.87. The van der Waals surface area contributed by atoms with E-state index in [9.17, 15) is 4.79 Å². The standard InChI is InChI=1S/C10H19N5O/c1-8(2)7-15(5-3-4-11)10(16)9-6-12-14-13-9/h6,8H,3-5,7,11H2,1-2H3,(H,12,13,14). The van der Waals surface area contributed by atoms with E-state index in [0.29, 0.717) is 31.2 Å². The van der Waals surface area contributed by atoms with Crippen LogP contribution in [-0.4, -0.2) is 45.9 Å². The van der Waals surface area contributed by atoms with Crippen LogP contribution in [0.2, 0.25) is 0 Å². The molecule has 1 rings (SSSR count). The van der Waals surface area contributed by atoms with Crippen molar-refractivity contribution in [3.05, 3.63) is 11.9 Å². The molecule has 6 heteroatoms. The van der Waals surface area contributed by atoms with E-state index in [0.717, 1.165) is 6.42 Å². The molecule has 0 atom stereocenters. The van der Waals surface area contributed by atoms with Gasteiger partial charge in [-0.15, -0.1) is 0 Å². The maximum absolute atomic E-state index is 12.0. The van der Waals surface area contributed by atoms with Gasteiger partial charge in [-0.3, -0.25) is 4.79 Å². The average molecular weight is 225 g/mol. The summed E-state index contributed by atoms with van der Waals surface area (Å²) in [6.07, 6.45) is 2.24. The smallest absolute Gasteiger partial charge is 0.276 e. The SMILES string of the molecule is CC(C)CN(CCCN)C(=O)c1cn[nH]n1. The number of hydrogen-bond donors (Lipinski definition) is 2. The van der Waals surface area contributed by atoms with Gasteiger partial charge >= 0.3 is 0 Å². The van der Waals surface area contributed by atoms with Gasteiger partial charge in [-0.25, -0.2) is 0 Å². The van der Waals surface area contributed by atoms with Crippen molar-refractivity contribution in [3.63, 3.8) is 0 Å². The van der Waals surface area contributed by atoms with Crippen LogP contribution in [0.1, 0.15) is 30.8 Å². The van der Waals surface area contributed by atoms with E-state index in [-0.39, 0.29) is 5.91 Å². The highest BCUT2D eigenvalue weighted by atomic mass is 16.2. The third kappa shape index (κ3) is 3.62. The van der Waals surface area contributed by atoms with Crippen molar-refractivity contribution in [1.29, 1.82) is 0 Å². The molecule has 0 aliphatic heterocycles. The van der Waals surface area contributed by atoms with Gasteiger partial charge in [0.1, 0.15) is 0 Å². The van der Waals surface area contributed by atoms with Crippen molar-refractivity contribution in [2.75, 3.05) is 19.6 Å². The Morgan fingerprint density at radius 1 is 1.62 bits per heavy atom. The Kier molecular flexibility index (Phi) is 4.91. The van der Waals surface area contributed by atoms with E-state index in [4.69, 9.17) is 5.73 Å². The lowest BCUT2D eigenvalue weighted by Crippen LogP contribution is -2.36. The van der Waals surface area contributed by atoms with Gasteiger partial charge in [0, 0.05) is 13.1 Å². The zero-order chi connectivity index (χ0) is 12.0. The lowest BCUT2D eigenvalue weighted by molar-refractivity contribution is 0.0729. The number of hydrogen-bond acceptors (Lipinski definition) is 4. The van der Waals surface area contributed by atoms with Crippen molar-refractivity contribution in [2.24, 2.45) is 11.7 Å². The first-order chi connectivity index (χ1) is 7.65. The van der Waals surface area contributed by atoms with Crippen molar-refractivity contribution >= 4 is 5.91 Å². The lowest BCUT2D eigenvalue weighted by atomic mass is 10.2. The number of aromatic amines is 1.